The monoisotopic (exact) mass is 351 g/mol. The zero-order chi connectivity index (χ0) is 18.4. The molecule has 2 aromatic rings. The standard InChI is InChI=1S/C20H25N5O/c1-3-9-21-19-15-16(8-10-22-19)20(26)23-17-4-6-18(7-5-17)25-13-11-24(2)12-14-25/h3-8,10,15H,1,9,11-14H2,2H3,(H,21,22)(H,23,26). The fraction of sp³-hybridized carbons (Fsp3) is 0.300. The van der Waals surface area contributed by atoms with Crippen LogP contribution in [0.2, 0.25) is 0 Å². The van der Waals surface area contributed by atoms with Gasteiger partial charge in [-0.15, -0.1) is 6.58 Å². The van der Waals surface area contributed by atoms with E-state index in [0.29, 0.717) is 17.9 Å². The molecule has 6 heteroatoms. The molecule has 1 amide bonds. The number of aromatic nitrogens is 1. The molecule has 0 atom stereocenters. The van der Waals surface area contributed by atoms with Gasteiger partial charge in [0.15, 0.2) is 0 Å². The Bertz CT molecular complexity index is 751. The minimum Gasteiger partial charge on any atom is -0.369 e. The summed E-state index contributed by atoms with van der Waals surface area (Å²) >= 11 is 0. The van der Waals surface area contributed by atoms with Crippen molar-refractivity contribution < 1.29 is 4.79 Å². The van der Waals surface area contributed by atoms with Gasteiger partial charge in [-0.05, 0) is 43.4 Å². The second-order valence-electron chi connectivity index (χ2n) is 6.39. The number of carbonyl (C=O) groups excluding carboxylic acids is 1. The molecule has 0 unspecified atom stereocenters. The second kappa shape index (κ2) is 8.49. The number of hydrogen-bond acceptors (Lipinski definition) is 5. The molecule has 0 aliphatic carbocycles. The molecule has 1 saturated heterocycles. The molecular formula is C20H25N5O. The molecule has 136 valence electrons. The molecule has 1 aliphatic heterocycles. The van der Waals surface area contributed by atoms with Gasteiger partial charge >= 0.3 is 0 Å². The molecular weight excluding hydrogens is 326 g/mol. The number of hydrogen-bond donors (Lipinski definition) is 2. The average molecular weight is 351 g/mol. The zero-order valence-corrected chi connectivity index (χ0v) is 15.1. The van der Waals surface area contributed by atoms with Gasteiger partial charge in [-0.25, -0.2) is 4.98 Å². The smallest absolute Gasteiger partial charge is 0.255 e. The van der Waals surface area contributed by atoms with Crippen molar-refractivity contribution >= 4 is 23.1 Å². The van der Waals surface area contributed by atoms with Crippen molar-refractivity contribution in [3.05, 3.63) is 60.8 Å². The van der Waals surface area contributed by atoms with E-state index in [1.165, 1.54) is 5.69 Å². The summed E-state index contributed by atoms with van der Waals surface area (Å²) in [5.41, 5.74) is 2.54. The van der Waals surface area contributed by atoms with Crippen LogP contribution in [0.15, 0.2) is 55.3 Å². The van der Waals surface area contributed by atoms with E-state index >= 15 is 0 Å². The summed E-state index contributed by atoms with van der Waals surface area (Å²) in [5.74, 6) is 0.504. The quantitative estimate of drug-likeness (QED) is 0.784. The second-order valence-corrected chi connectivity index (χ2v) is 6.39. The Balaban J connectivity index is 1.61. The predicted molar refractivity (Wildman–Crippen MR) is 107 cm³/mol. The van der Waals surface area contributed by atoms with Gasteiger partial charge in [0.2, 0.25) is 0 Å². The lowest BCUT2D eigenvalue weighted by Gasteiger charge is -2.34. The highest BCUT2D eigenvalue weighted by atomic mass is 16.1. The lowest BCUT2D eigenvalue weighted by molar-refractivity contribution is 0.102. The molecule has 3 rings (SSSR count). The van der Waals surface area contributed by atoms with Crippen molar-refractivity contribution in [1.82, 2.24) is 9.88 Å². The highest BCUT2D eigenvalue weighted by Gasteiger charge is 2.14. The van der Waals surface area contributed by atoms with E-state index in [4.69, 9.17) is 0 Å². The highest BCUT2D eigenvalue weighted by molar-refractivity contribution is 6.04. The van der Waals surface area contributed by atoms with Gasteiger partial charge in [0.1, 0.15) is 5.82 Å². The molecule has 0 spiro atoms. The number of benzene rings is 1. The molecule has 1 aromatic carbocycles. The van der Waals surface area contributed by atoms with Gasteiger partial charge in [-0.3, -0.25) is 4.79 Å². The van der Waals surface area contributed by atoms with Crippen LogP contribution in [-0.2, 0) is 0 Å². The van der Waals surface area contributed by atoms with Crippen LogP contribution in [0.4, 0.5) is 17.2 Å². The van der Waals surface area contributed by atoms with E-state index in [1.807, 2.05) is 12.1 Å². The topological polar surface area (TPSA) is 60.5 Å². The summed E-state index contributed by atoms with van der Waals surface area (Å²) in [6.45, 7) is 8.46. The van der Waals surface area contributed by atoms with Crippen molar-refractivity contribution in [3.8, 4) is 0 Å². The van der Waals surface area contributed by atoms with Gasteiger partial charge in [0.25, 0.3) is 5.91 Å². The molecule has 1 fully saturated rings. The van der Waals surface area contributed by atoms with Crippen LogP contribution < -0.4 is 15.5 Å². The number of rotatable bonds is 6. The van der Waals surface area contributed by atoms with Crippen LogP contribution >= 0.6 is 0 Å². The summed E-state index contributed by atoms with van der Waals surface area (Å²) in [6.07, 6.45) is 3.37. The third kappa shape index (κ3) is 4.61. The maximum atomic E-state index is 12.5. The Morgan fingerprint density at radius 1 is 1.19 bits per heavy atom. The summed E-state index contributed by atoms with van der Waals surface area (Å²) in [6, 6.07) is 11.5. The summed E-state index contributed by atoms with van der Waals surface area (Å²) in [4.78, 5) is 21.3. The summed E-state index contributed by atoms with van der Waals surface area (Å²) in [5, 5.41) is 6.02. The highest BCUT2D eigenvalue weighted by Crippen LogP contribution is 2.20. The van der Waals surface area contributed by atoms with Gasteiger partial charge in [0.05, 0.1) is 0 Å². The van der Waals surface area contributed by atoms with E-state index < -0.39 is 0 Å². The van der Waals surface area contributed by atoms with E-state index in [2.05, 4.69) is 51.2 Å². The van der Waals surface area contributed by atoms with Crippen LogP contribution in [0, 0.1) is 0 Å². The van der Waals surface area contributed by atoms with Crippen LogP contribution in [0.5, 0.6) is 0 Å². The van der Waals surface area contributed by atoms with Crippen molar-refractivity contribution in [2.45, 2.75) is 0 Å². The predicted octanol–water partition coefficient (Wildman–Crippen LogP) is 2.68. The largest absolute Gasteiger partial charge is 0.369 e. The number of pyridine rings is 1. The zero-order valence-electron chi connectivity index (χ0n) is 15.1. The molecule has 0 saturated carbocycles. The van der Waals surface area contributed by atoms with Crippen LogP contribution in [0.1, 0.15) is 10.4 Å². The third-order valence-corrected chi connectivity index (χ3v) is 4.44. The normalized spacial score (nSPS) is 14.7. The fourth-order valence-corrected chi connectivity index (χ4v) is 2.87. The number of nitrogens with one attached hydrogen (secondary N) is 2. The first kappa shape index (κ1) is 17.9. The maximum Gasteiger partial charge on any atom is 0.255 e. The molecule has 6 nitrogen and oxygen atoms in total. The van der Waals surface area contributed by atoms with E-state index in [1.54, 1.807) is 24.4 Å². The van der Waals surface area contributed by atoms with Crippen LogP contribution in [0.25, 0.3) is 0 Å². The van der Waals surface area contributed by atoms with Crippen molar-refractivity contribution in [2.24, 2.45) is 0 Å². The van der Waals surface area contributed by atoms with Gasteiger partial charge < -0.3 is 20.4 Å². The Labute approximate surface area is 154 Å². The molecule has 26 heavy (non-hydrogen) atoms. The van der Waals surface area contributed by atoms with Crippen LogP contribution in [0.3, 0.4) is 0 Å². The summed E-state index contributed by atoms with van der Waals surface area (Å²) < 4.78 is 0. The molecule has 2 N–H and O–H groups in total. The van der Waals surface area contributed by atoms with E-state index in [9.17, 15) is 4.79 Å². The minimum atomic E-state index is -0.151. The number of amides is 1. The number of nitrogens with zero attached hydrogens (tertiary/aromatic N) is 3. The third-order valence-electron chi connectivity index (χ3n) is 4.44. The molecule has 1 aromatic heterocycles. The number of likely N-dealkylation sites (N-methyl/N-ethyl adjacent to an activating group) is 1. The van der Waals surface area contributed by atoms with E-state index in [-0.39, 0.29) is 5.91 Å². The van der Waals surface area contributed by atoms with Gasteiger partial charge in [0, 0.05) is 55.9 Å². The Hall–Kier alpha value is -2.86. The van der Waals surface area contributed by atoms with Crippen molar-refractivity contribution in [3.63, 3.8) is 0 Å². The first-order chi connectivity index (χ1) is 12.7. The Morgan fingerprint density at radius 3 is 2.62 bits per heavy atom. The first-order valence-corrected chi connectivity index (χ1v) is 8.81. The first-order valence-electron chi connectivity index (χ1n) is 8.81. The minimum absolute atomic E-state index is 0.151. The Morgan fingerprint density at radius 2 is 1.92 bits per heavy atom. The van der Waals surface area contributed by atoms with E-state index in [0.717, 1.165) is 31.9 Å². The van der Waals surface area contributed by atoms with Crippen molar-refractivity contribution in [2.75, 3.05) is 55.3 Å². The molecule has 2 heterocycles. The maximum absolute atomic E-state index is 12.5. The fourth-order valence-electron chi connectivity index (χ4n) is 2.87. The number of anilines is 3. The summed E-state index contributed by atoms with van der Waals surface area (Å²) in [7, 11) is 2.15. The molecule has 0 bridgehead atoms. The van der Waals surface area contributed by atoms with Gasteiger partial charge in [-0.2, -0.15) is 0 Å². The van der Waals surface area contributed by atoms with Crippen molar-refractivity contribution in [1.29, 1.82) is 0 Å². The lowest BCUT2D eigenvalue weighted by atomic mass is 10.2. The lowest BCUT2D eigenvalue weighted by Crippen LogP contribution is -2.44. The number of piperazine rings is 1. The number of carbonyl (C=O) groups is 1. The van der Waals surface area contributed by atoms with Crippen LogP contribution in [-0.4, -0.2) is 55.6 Å². The van der Waals surface area contributed by atoms with Gasteiger partial charge in [-0.1, -0.05) is 6.08 Å². The molecule has 0 radical (unpaired) electrons. The molecule has 1 aliphatic rings. The SMILES string of the molecule is C=CCNc1cc(C(=O)Nc2ccc(N3CCN(C)CC3)cc2)ccn1. The Kier molecular flexibility index (Phi) is 5.86. The average Bonchev–Trinajstić information content (AvgIpc) is 2.68.